The quantitative estimate of drug-likeness (QED) is 0.800. The molecule has 4 nitrogen and oxygen atoms in total. The first kappa shape index (κ1) is 9.71. The molecule has 0 bridgehead atoms. The van der Waals surface area contributed by atoms with Gasteiger partial charge in [-0.2, -0.15) is 0 Å². The number of hydrogen-bond donors (Lipinski definition) is 2. The van der Waals surface area contributed by atoms with Crippen LogP contribution in [0.5, 0.6) is 0 Å². The Labute approximate surface area is 87.0 Å². The Balaban J connectivity index is 2.04. The second-order valence-corrected chi connectivity index (χ2v) is 3.51. The van der Waals surface area contributed by atoms with Crippen molar-refractivity contribution in [2.45, 2.75) is 19.3 Å². The zero-order chi connectivity index (χ0) is 10.7. The molecule has 2 rings (SSSR count). The molecule has 2 aromatic heterocycles. The average Bonchev–Trinajstić information content (AvgIpc) is 2.64. The van der Waals surface area contributed by atoms with Gasteiger partial charge in [0.05, 0.1) is 0 Å². The van der Waals surface area contributed by atoms with E-state index < -0.39 is 5.97 Å². The summed E-state index contributed by atoms with van der Waals surface area (Å²) in [7, 11) is 0. The van der Waals surface area contributed by atoms with E-state index in [0.29, 0.717) is 12.8 Å². The first-order valence-electron chi connectivity index (χ1n) is 4.89. The van der Waals surface area contributed by atoms with E-state index in [4.69, 9.17) is 5.11 Å². The van der Waals surface area contributed by atoms with E-state index in [2.05, 4.69) is 9.97 Å². The van der Waals surface area contributed by atoms with Gasteiger partial charge in [-0.25, -0.2) is 0 Å². The van der Waals surface area contributed by atoms with E-state index in [-0.39, 0.29) is 6.42 Å². The monoisotopic (exact) mass is 204 g/mol. The number of aliphatic carboxylic acids is 1. The highest BCUT2D eigenvalue weighted by Crippen LogP contribution is 2.13. The van der Waals surface area contributed by atoms with Gasteiger partial charge in [-0.05, 0) is 18.9 Å². The summed E-state index contributed by atoms with van der Waals surface area (Å²) in [6, 6.07) is 1.99. The molecular weight excluding hydrogens is 192 g/mol. The number of aryl methyl sites for hydroxylation is 1. The Morgan fingerprint density at radius 1 is 1.40 bits per heavy atom. The summed E-state index contributed by atoms with van der Waals surface area (Å²) in [5.41, 5.74) is 0.948. The van der Waals surface area contributed by atoms with E-state index in [0.717, 1.165) is 16.5 Å². The molecule has 0 unspecified atom stereocenters. The summed E-state index contributed by atoms with van der Waals surface area (Å²) in [6.07, 6.45) is 7.17. The SMILES string of the molecule is O=C(O)CCCc1cc2c[nH]cc2cn1. The van der Waals surface area contributed by atoms with Crippen molar-refractivity contribution in [1.29, 1.82) is 0 Å². The molecule has 2 N–H and O–H groups in total. The van der Waals surface area contributed by atoms with Gasteiger partial charge in [0.1, 0.15) is 0 Å². The van der Waals surface area contributed by atoms with E-state index in [1.54, 1.807) is 0 Å². The predicted molar refractivity (Wildman–Crippen MR) is 56.7 cm³/mol. The normalized spacial score (nSPS) is 10.7. The molecule has 0 aliphatic carbocycles. The second kappa shape index (κ2) is 4.13. The topological polar surface area (TPSA) is 66.0 Å². The van der Waals surface area contributed by atoms with Crippen LogP contribution < -0.4 is 0 Å². The number of rotatable bonds is 4. The zero-order valence-corrected chi connectivity index (χ0v) is 8.23. The molecule has 15 heavy (non-hydrogen) atoms. The number of nitrogens with zero attached hydrogens (tertiary/aromatic N) is 1. The van der Waals surface area contributed by atoms with Crippen molar-refractivity contribution in [3.63, 3.8) is 0 Å². The van der Waals surface area contributed by atoms with Gasteiger partial charge in [-0.3, -0.25) is 9.78 Å². The second-order valence-electron chi connectivity index (χ2n) is 3.51. The molecule has 0 aliphatic heterocycles. The standard InChI is InChI=1S/C11H12N2O2/c14-11(15)3-1-2-10-4-8-5-12-6-9(8)7-13-10/h4-7,12H,1-3H2,(H,14,15). The molecule has 2 heterocycles. The highest BCUT2D eigenvalue weighted by molar-refractivity contribution is 5.81. The third-order valence-corrected chi connectivity index (χ3v) is 2.33. The largest absolute Gasteiger partial charge is 0.481 e. The van der Waals surface area contributed by atoms with Crippen LogP contribution in [0.2, 0.25) is 0 Å². The van der Waals surface area contributed by atoms with Gasteiger partial charge in [0.2, 0.25) is 0 Å². The maximum atomic E-state index is 10.3. The number of hydrogen-bond acceptors (Lipinski definition) is 2. The lowest BCUT2D eigenvalue weighted by Gasteiger charge is -1.98. The number of H-pyrrole nitrogens is 1. The van der Waals surface area contributed by atoms with Crippen LogP contribution in [-0.4, -0.2) is 21.0 Å². The minimum atomic E-state index is -0.752. The summed E-state index contributed by atoms with van der Waals surface area (Å²) in [6.45, 7) is 0. The summed E-state index contributed by atoms with van der Waals surface area (Å²) < 4.78 is 0. The number of carboxylic acid groups (broad SMARTS) is 1. The van der Waals surface area contributed by atoms with Crippen LogP contribution in [0.3, 0.4) is 0 Å². The third-order valence-electron chi connectivity index (χ3n) is 2.33. The molecule has 0 fully saturated rings. The molecule has 0 atom stereocenters. The fraction of sp³-hybridized carbons (Fsp3) is 0.273. The van der Waals surface area contributed by atoms with Crippen molar-refractivity contribution in [2.75, 3.05) is 0 Å². The maximum Gasteiger partial charge on any atom is 0.303 e. The number of fused-ring (bicyclic) bond motifs is 1. The van der Waals surface area contributed by atoms with Gasteiger partial charge in [-0.15, -0.1) is 0 Å². The third kappa shape index (κ3) is 2.34. The van der Waals surface area contributed by atoms with Crippen molar-refractivity contribution in [3.05, 3.63) is 30.4 Å². The van der Waals surface area contributed by atoms with Crippen molar-refractivity contribution < 1.29 is 9.90 Å². The molecule has 4 heteroatoms. The Morgan fingerprint density at radius 3 is 3.00 bits per heavy atom. The molecule has 0 saturated carbocycles. The Kier molecular flexibility index (Phi) is 2.67. The molecule has 0 aliphatic rings. The van der Waals surface area contributed by atoms with Crippen LogP contribution in [0.15, 0.2) is 24.7 Å². The fourth-order valence-corrected chi connectivity index (χ4v) is 1.55. The lowest BCUT2D eigenvalue weighted by atomic mass is 10.1. The predicted octanol–water partition coefficient (Wildman–Crippen LogP) is 1.97. The molecule has 0 spiro atoms. The van der Waals surface area contributed by atoms with Crippen LogP contribution in [0.1, 0.15) is 18.5 Å². The molecule has 0 amide bonds. The lowest BCUT2D eigenvalue weighted by Crippen LogP contribution is -1.96. The van der Waals surface area contributed by atoms with Crippen molar-refractivity contribution >= 4 is 16.7 Å². The summed E-state index contributed by atoms with van der Waals surface area (Å²) in [4.78, 5) is 17.6. The zero-order valence-electron chi connectivity index (χ0n) is 8.23. The minimum absolute atomic E-state index is 0.201. The Hall–Kier alpha value is -1.84. The van der Waals surface area contributed by atoms with E-state index in [9.17, 15) is 4.79 Å². The number of aromatic nitrogens is 2. The highest BCUT2D eigenvalue weighted by atomic mass is 16.4. The number of aromatic amines is 1. The Morgan fingerprint density at radius 2 is 2.20 bits per heavy atom. The van der Waals surface area contributed by atoms with E-state index >= 15 is 0 Å². The number of carbonyl (C=O) groups is 1. The van der Waals surface area contributed by atoms with Crippen molar-refractivity contribution in [1.82, 2.24) is 9.97 Å². The van der Waals surface area contributed by atoms with Crippen molar-refractivity contribution in [2.24, 2.45) is 0 Å². The van der Waals surface area contributed by atoms with Crippen LogP contribution in [0, 0.1) is 0 Å². The first-order valence-corrected chi connectivity index (χ1v) is 4.89. The molecule has 0 saturated heterocycles. The first-order chi connectivity index (χ1) is 7.25. The summed E-state index contributed by atoms with van der Waals surface area (Å²) >= 11 is 0. The van der Waals surface area contributed by atoms with Crippen LogP contribution in [0.25, 0.3) is 10.8 Å². The van der Waals surface area contributed by atoms with Gasteiger partial charge in [0.25, 0.3) is 0 Å². The molecule has 78 valence electrons. The average molecular weight is 204 g/mol. The van der Waals surface area contributed by atoms with Crippen molar-refractivity contribution in [3.8, 4) is 0 Å². The molecule has 0 aromatic carbocycles. The number of nitrogens with one attached hydrogen (secondary N) is 1. The molecule has 0 radical (unpaired) electrons. The van der Waals surface area contributed by atoms with Gasteiger partial charge < -0.3 is 10.1 Å². The summed E-state index contributed by atoms with van der Waals surface area (Å²) in [5, 5.41) is 10.7. The minimum Gasteiger partial charge on any atom is -0.481 e. The van der Waals surface area contributed by atoms with Crippen LogP contribution in [-0.2, 0) is 11.2 Å². The van der Waals surface area contributed by atoms with E-state index in [1.165, 1.54) is 0 Å². The lowest BCUT2D eigenvalue weighted by molar-refractivity contribution is -0.137. The summed E-state index contributed by atoms with van der Waals surface area (Å²) in [5.74, 6) is -0.752. The van der Waals surface area contributed by atoms with Crippen LogP contribution in [0.4, 0.5) is 0 Å². The number of carboxylic acids is 1. The molecule has 2 aromatic rings. The molecular formula is C11H12N2O2. The maximum absolute atomic E-state index is 10.3. The van der Waals surface area contributed by atoms with Gasteiger partial charge in [0, 0.05) is 41.5 Å². The highest BCUT2D eigenvalue weighted by Gasteiger charge is 2.01. The number of pyridine rings is 1. The van der Waals surface area contributed by atoms with Crippen LogP contribution >= 0.6 is 0 Å². The smallest absolute Gasteiger partial charge is 0.303 e. The van der Waals surface area contributed by atoms with Gasteiger partial charge >= 0.3 is 5.97 Å². The van der Waals surface area contributed by atoms with Gasteiger partial charge in [0.15, 0.2) is 0 Å². The van der Waals surface area contributed by atoms with Gasteiger partial charge in [-0.1, -0.05) is 0 Å². The Bertz CT molecular complexity index is 476. The fourth-order valence-electron chi connectivity index (χ4n) is 1.55. The van der Waals surface area contributed by atoms with E-state index in [1.807, 2.05) is 24.7 Å².